The number of aryl methyl sites for hydroxylation is 3. The highest BCUT2D eigenvalue weighted by molar-refractivity contribution is 6.04. The van der Waals surface area contributed by atoms with Gasteiger partial charge in [0, 0.05) is 11.1 Å². The molecule has 1 N–H and O–H groups in total. The third kappa shape index (κ3) is 2.43. The van der Waals surface area contributed by atoms with Crippen LogP contribution in [0.4, 0.5) is 5.88 Å². The van der Waals surface area contributed by atoms with Crippen molar-refractivity contribution in [2.75, 3.05) is 5.32 Å². The lowest BCUT2D eigenvalue weighted by atomic mass is 10.1. The molecule has 1 heterocycles. The lowest BCUT2D eigenvalue weighted by molar-refractivity contribution is 0.102. The van der Waals surface area contributed by atoms with E-state index in [1.54, 1.807) is 19.9 Å². The molecule has 2 aromatic rings. The number of benzene rings is 1. The minimum atomic E-state index is -0.279. The summed E-state index contributed by atoms with van der Waals surface area (Å²) < 4.78 is 5.43. The van der Waals surface area contributed by atoms with E-state index >= 15 is 0 Å². The van der Waals surface area contributed by atoms with Crippen molar-refractivity contribution in [3.05, 3.63) is 51.8 Å². The predicted octanol–water partition coefficient (Wildman–Crippen LogP) is 3.64. The highest BCUT2D eigenvalue weighted by Crippen LogP contribution is 2.25. The Morgan fingerprint density at radius 3 is 2.50 bits per heavy atom. The van der Waals surface area contributed by atoms with Gasteiger partial charge in [0.2, 0.25) is 5.88 Å². The normalized spacial score (nSPS) is 10.2. The molecule has 0 aliphatic rings. The topological polar surface area (TPSA) is 66.0 Å². The summed E-state index contributed by atoms with van der Waals surface area (Å²) in [5, 5.41) is 11.8. The molecule has 1 amide bonds. The highest BCUT2D eigenvalue weighted by atomic mass is 16.4. The first-order valence-corrected chi connectivity index (χ1v) is 6.32. The summed E-state index contributed by atoms with van der Waals surface area (Å²) in [6.45, 7) is 7.50. The maximum absolute atomic E-state index is 12.2. The molecule has 1 aromatic carbocycles. The number of rotatable bonds is 2. The van der Waals surface area contributed by atoms with Gasteiger partial charge in [-0.3, -0.25) is 10.1 Å². The fraction of sp³-hybridized carbons (Fsp3) is 0.250. The molecule has 0 bridgehead atoms. The summed E-state index contributed by atoms with van der Waals surface area (Å²) in [4.78, 5) is 12.2. The standard InChI is InChI=1S/C16H16N2O2/c1-9-5-6-13(7-10(9)2)15(19)18-16-14(8-17)11(3)12(4)20-16/h5-7H,1-4H3,(H,18,19). The first kappa shape index (κ1) is 13.9. The second-order valence-electron chi connectivity index (χ2n) is 4.85. The van der Waals surface area contributed by atoms with Gasteiger partial charge in [0.25, 0.3) is 5.91 Å². The number of hydrogen-bond donors (Lipinski definition) is 1. The molecule has 1 aromatic heterocycles. The number of nitriles is 1. The zero-order valence-electron chi connectivity index (χ0n) is 12.0. The van der Waals surface area contributed by atoms with E-state index in [1.165, 1.54) is 0 Å². The van der Waals surface area contributed by atoms with E-state index in [0.717, 1.165) is 16.7 Å². The van der Waals surface area contributed by atoms with Crippen molar-refractivity contribution in [2.45, 2.75) is 27.7 Å². The number of nitrogens with zero attached hydrogens (tertiary/aromatic N) is 1. The summed E-state index contributed by atoms with van der Waals surface area (Å²) in [5.41, 5.74) is 3.85. The van der Waals surface area contributed by atoms with Gasteiger partial charge < -0.3 is 4.42 Å². The minimum absolute atomic E-state index is 0.214. The number of amides is 1. The number of hydrogen-bond acceptors (Lipinski definition) is 3. The van der Waals surface area contributed by atoms with E-state index in [1.807, 2.05) is 26.0 Å². The summed E-state index contributed by atoms with van der Waals surface area (Å²) in [6.07, 6.45) is 0. The number of carbonyl (C=O) groups excluding carboxylic acids is 1. The van der Waals surface area contributed by atoms with Gasteiger partial charge in [0.15, 0.2) is 0 Å². The average molecular weight is 268 g/mol. The molecule has 0 fully saturated rings. The van der Waals surface area contributed by atoms with E-state index < -0.39 is 0 Å². The van der Waals surface area contributed by atoms with Gasteiger partial charge in [-0.15, -0.1) is 0 Å². The van der Waals surface area contributed by atoms with E-state index in [0.29, 0.717) is 16.9 Å². The third-order valence-corrected chi connectivity index (χ3v) is 3.49. The van der Waals surface area contributed by atoms with Crippen LogP contribution in [0.15, 0.2) is 22.6 Å². The van der Waals surface area contributed by atoms with Crippen LogP contribution in [-0.4, -0.2) is 5.91 Å². The molecule has 4 heteroatoms. The van der Waals surface area contributed by atoms with Gasteiger partial charge >= 0.3 is 0 Å². The molecule has 0 unspecified atom stereocenters. The Bertz CT molecular complexity index is 721. The van der Waals surface area contributed by atoms with Crippen molar-refractivity contribution in [3.63, 3.8) is 0 Å². The lowest BCUT2D eigenvalue weighted by Gasteiger charge is -2.05. The third-order valence-electron chi connectivity index (χ3n) is 3.49. The van der Waals surface area contributed by atoms with Crippen LogP contribution >= 0.6 is 0 Å². The monoisotopic (exact) mass is 268 g/mol. The molecule has 0 atom stereocenters. The van der Waals surface area contributed by atoms with Crippen molar-refractivity contribution in [1.29, 1.82) is 5.26 Å². The van der Waals surface area contributed by atoms with E-state index in [9.17, 15) is 4.79 Å². The maximum Gasteiger partial charge on any atom is 0.258 e. The fourth-order valence-electron chi connectivity index (χ4n) is 1.91. The Morgan fingerprint density at radius 1 is 1.20 bits per heavy atom. The van der Waals surface area contributed by atoms with E-state index in [-0.39, 0.29) is 11.8 Å². The maximum atomic E-state index is 12.2. The molecule has 2 rings (SSSR count). The quantitative estimate of drug-likeness (QED) is 0.904. The first-order valence-electron chi connectivity index (χ1n) is 6.32. The lowest BCUT2D eigenvalue weighted by Crippen LogP contribution is -2.12. The van der Waals surface area contributed by atoms with E-state index in [2.05, 4.69) is 11.4 Å². The highest BCUT2D eigenvalue weighted by Gasteiger charge is 2.17. The zero-order chi connectivity index (χ0) is 14.9. The van der Waals surface area contributed by atoms with Gasteiger partial charge in [0.05, 0.1) is 0 Å². The van der Waals surface area contributed by atoms with Crippen LogP contribution in [0.5, 0.6) is 0 Å². The SMILES string of the molecule is Cc1ccc(C(=O)Nc2oc(C)c(C)c2C#N)cc1C. The van der Waals surface area contributed by atoms with E-state index in [4.69, 9.17) is 9.68 Å². The van der Waals surface area contributed by atoms with Crippen LogP contribution in [0.1, 0.15) is 38.4 Å². The first-order chi connectivity index (χ1) is 9.43. The molecule has 0 aliphatic heterocycles. The molecule has 102 valence electrons. The fourth-order valence-corrected chi connectivity index (χ4v) is 1.91. The molecular weight excluding hydrogens is 252 g/mol. The smallest absolute Gasteiger partial charge is 0.258 e. The van der Waals surface area contributed by atoms with Gasteiger partial charge in [-0.05, 0) is 51.0 Å². The summed E-state index contributed by atoms with van der Waals surface area (Å²) in [7, 11) is 0. The number of nitrogens with one attached hydrogen (secondary N) is 1. The molecule has 0 spiro atoms. The van der Waals surface area contributed by atoms with Crippen molar-refractivity contribution >= 4 is 11.8 Å². The second kappa shape index (κ2) is 5.22. The summed E-state index contributed by atoms with van der Waals surface area (Å²) >= 11 is 0. The molecule has 0 saturated heterocycles. The van der Waals surface area contributed by atoms with Crippen molar-refractivity contribution < 1.29 is 9.21 Å². The molecule has 20 heavy (non-hydrogen) atoms. The van der Waals surface area contributed by atoms with Crippen LogP contribution < -0.4 is 5.32 Å². The van der Waals surface area contributed by atoms with Crippen LogP contribution in [-0.2, 0) is 0 Å². The van der Waals surface area contributed by atoms with Crippen LogP contribution in [0.25, 0.3) is 0 Å². The summed E-state index contributed by atoms with van der Waals surface area (Å²) in [5.74, 6) is 0.570. The second-order valence-corrected chi connectivity index (χ2v) is 4.85. The number of anilines is 1. The minimum Gasteiger partial charge on any atom is -0.444 e. The van der Waals surface area contributed by atoms with Crippen LogP contribution in [0.2, 0.25) is 0 Å². The Kier molecular flexibility index (Phi) is 3.62. The van der Waals surface area contributed by atoms with Gasteiger partial charge in [-0.1, -0.05) is 6.07 Å². The van der Waals surface area contributed by atoms with Gasteiger partial charge in [-0.2, -0.15) is 5.26 Å². The Hall–Kier alpha value is -2.54. The van der Waals surface area contributed by atoms with Gasteiger partial charge in [-0.25, -0.2) is 0 Å². The number of furan rings is 1. The van der Waals surface area contributed by atoms with Crippen molar-refractivity contribution in [3.8, 4) is 6.07 Å². The van der Waals surface area contributed by atoms with Gasteiger partial charge in [0.1, 0.15) is 17.4 Å². The Labute approximate surface area is 118 Å². The molecule has 4 nitrogen and oxygen atoms in total. The predicted molar refractivity (Wildman–Crippen MR) is 76.8 cm³/mol. The molecule has 0 aliphatic carbocycles. The Balaban J connectivity index is 2.30. The average Bonchev–Trinajstić information content (AvgIpc) is 2.67. The molecular formula is C16H16N2O2. The largest absolute Gasteiger partial charge is 0.444 e. The molecule has 0 saturated carbocycles. The molecule has 0 radical (unpaired) electrons. The van der Waals surface area contributed by atoms with Crippen LogP contribution in [0.3, 0.4) is 0 Å². The summed E-state index contributed by atoms with van der Waals surface area (Å²) in [6, 6.07) is 7.53. The van der Waals surface area contributed by atoms with Crippen molar-refractivity contribution in [2.24, 2.45) is 0 Å². The number of carbonyl (C=O) groups is 1. The Morgan fingerprint density at radius 2 is 1.90 bits per heavy atom. The van der Waals surface area contributed by atoms with Crippen LogP contribution in [0, 0.1) is 39.0 Å². The van der Waals surface area contributed by atoms with Crippen molar-refractivity contribution in [1.82, 2.24) is 0 Å². The zero-order valence-corrected chi connectivity index (χ0v) is 12.0.